The molecule has 0 aromatic carbocycles. The minimum absolute atomic E-state index is 0.617. The minimum Gasteiger partial charge on any atom is -0.382 e. The van der Waals surface area contributed by atoms with Crippen LogP contribution in [-0.2, 0) is 15.9 Å². The van der Waals surface area contributed by atoms with Crippen molar-refractivity contribution in [3.8, 4) is 0 Å². The molecule has 1 rings (SSSR count). The van der Waals surface area contributed by atoms with E-state index in [1.807, 2.05) is 0 Å². The Balaban J connectivity index is 2.52. The molecule has 0 spiro atoms. The van der Waals surface area contributed by atoms with Gasteiger partial charge in [-0.15, -0.1) is 0 Å². The number of rotatable bonds is 11. The molecule has 1 aromatic heterocycles. The molecular formula is C14H26N4O2. The first-order valence-corrected chi connectivity index (χ1v) is 7.21. The van der Waals surface area contributed by atoms with Gasteiger partial charge in [0.05, 0.1) is 19.8 Å². The summed E-state index contributed by atoms with van der Waals surface area (Å²) in [5, 5.41) is 6.60. The molecule has 114 valence electrons. The van der Waals surface area contributed by atoms with E-state index in [0.29, 0.717) is 19.8 Å². The van der Waals surface area contributed by atoms with E-state index in [1.165, 1.54) is 0 Å². The van der Waals surface area contributed by atoms with Crippen LogP contribution in [0, 0.1) is 0 Å². The predicted molar refractivity (Wildman–Crippen MR) is 81.4 cm³/mol. The van der Waals surface area contributed by atoms with Crippen LogP contribution in [0.3, 0.4) is 0 Å². The average molecular weight is 282 g/mol. The predicted octanol–water partition coefficient (Wildman–Crippen LogP) is 1.94. The molecule has 2 N–H and O–H groups in total. The second-order valence-electron chi connectivity index (χ2n) is 4.36. The van der Waals surface area contributed by atoms with Crippen molar-refractivity contribution >= 4 is 11.6 Å². The standard InChI is InChI=1S/C14H26N4O2/c1-4-6-12-13(15-5-2)17-11-18-14(12)16-7-8-20-10-9-19-3/h11H,4-10H2,1-3H3,(H2,15,16,17,18). The van der Waals surface area contributed by atoms with Gasteiger partial charge in [-0.2, -0.15) is 0 Å². The number of anilines is 2. The molecule has 0 aliphatic heterocycles. The molecule has 0 unspecified atom stereocenters. The van der Waals surface area contributed by atoms with Gasteiger partial charge in [0.2, 0.25) is 0 Å². The Hall–Kier alpha value is -1.40. The molecular weight excluding hydrogens is 256 g/mol. The van der Waals surface area contributed by atoms with Crippen molar-refractivity contribution in [2.24, 2.45) is 0 Å². The van der Waals surface area contributed by atoms with Gasteiger partial charge >= 0.3 is 0 Å². The van der Waals surface area contributed by atoms with E-state index in [9.17, 15) is 0 Å². The highest BCUT2D eigenvalue weighted by Gasteiger charge is 2.09. The molecule has 1 aromatic rings. The van der Waals surface area contributed by atoms with Gasteiger partial charge < -0.3 is 20.1 Å². The lowest BCUT2D eigenvalue weighted by Gasteiger charge is -2.14. The summed E-state index contributed by atoms with van der Waals surface area (Å²) in [5.41, 5.74) is 1.15. The Labute approximate surface area is 121 Å². The average Bonchev–Trinajstić information content (AvgIpc) is 2.46. The number of methoxy groups -OCH3 is 1. The lowest BCUT2D eigenvalue weighted by Crippen LogP contribution is -2.15. The third kappa shape index (κ3) is 5.71. The van der Waals surface area contributed by atoms with Gasteiger partial charge in [0.15, 0.2) is 0 Å². The molecule has 0 amide bonds. The first-order valence-electron chi connectivity index (χ1n) is 7.21. The number of hydrogen-bond acceptors (Lipinski definition) is 6. The molecule has 0 radical (unpaired) electrons. The lowest BCUT2D eigenvalue weighted by molar-refractivity contribution is 0.0759. The Morgan fingerprint density at radius 3 is 2.45 bits per heavy atom. The van der Waals surface area contributed by atoms with Crippen LogP contribution >= 0.6 is 0 Å². The summed E-state index contributed by atoms with van der Waals surface area (Å²) in [5.74, 6) is 1.82. The largest absolute Gasteiger partial charge is 0.382 e. The summed E-state index contributed by atoms with van der Waals surface area (Å²) in [6.45, 7) is 7.67. The summed E-state index contributed by atoms with van der Waals surface area (Å²) >= 11 is 0. The second-order valence-corrected chi connectivity index (χ2v) is 4.36. The zero-order chi connectivity index (χ0) is 14.6. The molecule has 0 bridgehead atoms. The fourth-order valence-electron chi connectivity index (χ4n) is 1.86. The molecule has 6 heteroatoms. The van der Waals surface area contributed by atoms with Gasteiger partial charge in [0.1, 0.15) is 18.0 Å². The van der Waals surface area contributed by atoms with Crippen molar-refractivity contribution in [3.63, 3.8) is 0 Å². The van der Waals surface area contributed by atoms with E-state index in [-0.39, 0.29) is 0 Å². The third-order valence-electron chi connectivity index (χ3n) is 2.76. The van der Waals surface area contributed by atoms with Crippen molar-refractivity contribution < 1.29 is 9.47 Å². The SMILES string of the molecule is CCCc1c(NCC)ncnc1NCCOCCOC. The molecule has 0 saturated heterocycles. The number of ether oxygens (including phenoxy) is 2. The van der Waals surface area contributed by atoms with E-state index in [4.69, 9.17) is 9.47 Å². The fraction of sp³-hybridized carbons (Fsp3) is 0.714. The Kier molecular flexibility index (Phi) is 8.66. The van der Waals surface area contributed by atoms with Crippen molar-refractivity contribution in [2.45, 2.75) is 26.7 Å². The maximum Gasteiger partial charge on any atom is 0.134 e. The van der Waals surface area contributed by atoms with Crippen molar-refractivity contribution in [3.05, 3.63) is 11.9 Å². The fourth-order valence-corrected chi connectivity index (χ4v) is 1.86. The Morgan fingerprint density at radius 2 is 1.80 bits per heavy atom. The van der Waals surface area contributed by atoms with Gasteiger partial charge in [-0.1, -0.05) is 13.3 Å². The van der Waals surface area contributed by atoms with Gasteiger partial charge in [0.25, 0.3) is 0 Å². The molecule has 0 atom stereocenters. The highest BCUT2D eigenvalue weighted by molar-refractivity contribution is 5.57. The van der Waals surface area contributed by atoms with Crippen LogP contribution in [0.1, 0.15) is 25.8 Å². The number of nitrogens with one attached hydrogen (secondary N) is 2. The summed E-state index contributed by atoms with van der Waals surface area (Å²) in [6, 6.07) is 0. The molecule has 0 fully saturated rings. The smallest absolute Gasteiger partial charge is 0.134 e. The van der Waals surface area contributed by atoms with Crippen LogP contribution in [0.5, 0.6) is 0 Å². The number of hydrogen-bond donors (Lipinski definition) is 2. The molecule has 20 heavy (non-hydrogen) atoms. The molecule has 0 saturated carbocycles. The highest BCUT2D eigenvalue weighted by atomic mass is 16.5. The van der Waals surface area contributed by atoms with Crippen LogP contribution in [-0.4, -0.2) is 50.0 Å². The van der Waals surface area contributed by atoms with Crippen molar-refractivity contribution in [1.29, 1.82) is 0 Å². The van der Waals surface area contributed by atoms with Crippen molar-refractivity contribution in [2.75, 3.05) is 50.7 Å². The van der Waals surface area contributed by atoms with Gasteiger partial charge in [-0.25, -0.2) is 9.97 Å². The minimum atomic E-state index is 0.617. The zero-order valence-electron chi connectivity index (χ0n) is 12.7. The van der Waals surface area contributed by atoms with E-state index < -0.39 is 0 Å². The van der Waals surface area contributed by atoms with Crippen molar-refractivity contribution in [1.82, 2.24) is 9.97 Å². The van der Waals surface area contributed by atoms with Gasteiger partial charge in [-0.05, 0) is 13.3 Å². The van der Waals surface area contributed by atoms with E-state index in [2.05, 4.69) is 34.4 Å². The first-order chi connectivity index (χ1) is 9.83. The second kappa shape index (κ2) is 10.4. The van der Waals surface area contributed by atoms with E-state index in [1.54, 1.807) is 13.4 Å². The van der Waals surface area contributed by atoms with E-state index >= 15 is 0 Å². The summed E-state index contributed by atoms with van der Waals surface area (Å²) in [7, 11) is 1.67. The zero-order valence-corrected chi connectivity index (χ0v) is 12.7. The monoisotopic (exact) mass is 282 g/mol. The topological polar surface area (TPSA) is 68.3 Å². The number of aromatic nitrogens is 2. The van der Waals surface area contributed by atoms with Crippen LogP contribution in [0.25, 0.3) is 0 Å². The highest BCUT2D eigenvalue weighted by Crippen LogP contribution is 2.21. The van der Waals surface area contributed by atoms with Crippen LogP contribution in [0.4, 0.5) is 11.6 Å². The quantitative estimate of drug-likeness (QED) is 0.605. The summed E-state index contributed by atoms with van der Waals surface area (Å²) in [6.07, 6.45) is 3.60. The van der Waals surface area contributed by atoms with Gasteiger partial charge in [0, 0.05) is 25.8 Å². The normalized spacial score (nSPS) is 10.6. The van der Waals surface area contributed by atoms with E-state index in [0.717, 1.165) is 43.1 Å². The molecule has 0 aliphatic rings. The maximum absolute atomic E-state index is 5.43. The first kappa shape index (κ1) is 16.7. The summed E-state index contributed by atoms with van der Waals surface area (Å²) in [4.78, 5) is 8.64. The molecule has 1 heterocycles. The maximum atomic E-state index is 5.43. The summed E-state index contributed by atoms with van der Waals surface area (Å²) < 4.78 is 10.4. The van der Waals surface area contributed by atoms with Gasteiger partial charge in [-0.3, -0.25) is 0 Å². The van der Waals surface area contributed by atoms with Crippen LogP contribution in [0.2, 0.25) is 0 Å². The van der Waals surface area contributed by atoms with Crippen LogP contribution < -0.4 is 10.6 Å². The molecule has 6 nitrogen and oxygen atoms in total. The number of nitrogens with zero attached hydrogens (tertiary/aromatic N) is 2. The lowest BCUT2D eigenvalue weighted by atomic mass is 10.1. The Morgan fingerprint density at radius 1 is 1.05 bits per heavy atom. The Bertz CT molecular complexity index is 374. The van der Waals surface area contributed by atoms with Crippen LogP contribution in [0.15, 0.2) is 6.33 Å². The molecule has 0 aliphatic carbocycles. The third-order valence-corrected chi connectivity index (χ3v) is 2.76.